The highest BCUT2D eigenvalue weighted by Crippen LogP contribution is 2.07. The van der Waals surface area contributed by atoms with Crippen molar-refractivity contribution in [2.75, 3.05) is 6.61 Å². The lowest BCUT2D eigenvalue weighted by Gasteiger charge is -1.94. The van der Waals surface area contributed by atoms with Crippen molar-refractivity contribution < 1.29 is 4.74 Å². The first-order valence-electron chi connectivity index (χ1n) is 4.49. The maximum absolute atomic E-state index is 4.80. The van der Waals surface area contributed by atoms with Gasteiger partial charge in [0.05, 0.1) is 17.1 Å². The van der Waals surface area contributed by atoms with E-state index in [1.165, 1.54) is 0 Å². The zero-order valence-corrected chi connectivity index (χ0v) is 8.98. The van der Waals surface area contributed by atoms with Crippen molar-refractivity contribution >= 4 is 23.1 Å². The van der Waals surface area contributed by atoms with Crippen LogP contribution in [0.1, 0.15) is 0 Å². The normalized spacial score (nSPS) is 11.7. The molecule has 0 fully saturated rings. The van der Waals surface area contributed by atoms with E-state index in [1.807, 2.05) is 48.6 Å². The van der Waals surface area contributed by atoms with Crippen LogP contribution in [0.25, 0.3) is 0 Å². The predicted octanol–water partition coefficient (Wildman–Crippen LogP) is 3.51. The van der Waals surface area contributed by atoms with Gasteiger partial charge >= 0.3 is 0 Å². The Labute approximate surface area is 94.6 Å². The molecular weight excluding hydrogens is 206 g/mol. The molecule has 2 rings (SSSR count). The first-order valence-corrected chi connectivity index (χ1v) is 4.90. The van der Waals surface area contributed by atoms with Gasteiger partial charge in [0.15, 0.2) is 0 Å². The minimum absolute atomic E-state index is 0.733. The molecule has 1 aromatic rings. The SMILES string of the molecule is C1=CCOC=C1.S=C=Nc1ccccc1. The second kappa shape index (κ2) is 7.68. The lowest BCUT2D eigenvalue weighted by Crippen LogP contribution is -1.82. The number of aliphatic imine (C=N–C) groups is 1. The average Bonchev–Trinajstić information content (AvgIpc) is 2.34. The van der Waals surface area contributed by atoms with Gasteiger partial charge in [-0.3, -0.25) is 0 Å². The van der Waals surface area contributed by atoms with Gasteiger partial charge in [-0.1, -0.05) is 24.3 Å². The Morgan fingerprint density at radius 1 is 1.20 bits per heavy atom. The van der Waals surface area contributed by atoms with E-state index < -0.39 is 0 Å². The molecule has 0 radical (unpaired) electrons. The Hall–Kier alpha value is -1.70. The molecule has 2 nitrogen and oxygen atoms in total. The summed E-state index contributed by atoms with van der Waals surface area (Å²) in [6.07, 6.45) is 7.47. The number of para-hydroxylation sites is 1. The number of isothiocyanates is 1. The molecule has 0 amide bonds. The van der Waals surface area contributed by atoms with Crippen molar-refractivity contribution in [2.24, 2.45) is 4.99 Å². The summed E-state index contributed by atoms with van der Waals surface area (Å²) in [5.74, 6) is 0. The Balaban J connectivity index is 0.000000162. The van der Waals surface area contributed by atoms with E-state index in [4.69, 9.17) is 4.74 Å². The molecule has 15 heavy (non-hydrogen) atoms. The molecule has 0 bridgehead atoms. The van der Waals surface area contributed by atoms with E-state index in [9.17, 15) is 0 Å². The molecule has 1 aromatic carbocycles. The van der Waals surface area contributed by atoms with Gasteiger partial charge in [-0.25, -0.2) is 0 Å². The molecule has 1 aliphatic rings. The Morgan fingerprint density at radius 3 is 2.40 bits per heavy atom. The van der Waals surface area contributed by atoms with Crippen LogP contribution < -0.4 is 0 Å². The van der Waals surface area contributed by atoms with Crippen LogP contribution in [0, 0.1) is 0 Å². The van der Waals surface area contributed by atoms with Gasteiger partial charge in [0.25, 0.3) is 0 Å². The van der Waals surface area contributed by atoms with E-state index in [0.717, 1.165) is 12.3 Å². The van der Waals surface area contributed by atoms with Gasteiger partial charge < -0.3 is 4.74 Å². The Morgan fingerprint density at radius 2 is 2.00 bits per heavy atom. The first-order chi connectivity index (χ1) is 7.43. The quantitative estimate of drug-likeness (QED) is 0.530. The molecule has 0 aromatic heterocycles. The highest BCUT2D eigenvalue weighted by atomic mass is 32.1. The molecule has 0 spiro atoms. The van der Waals surface area contributed by atoms with Gasteiger partial charge in [0, 0.05) is 0 Å². The maximum Gasteiger partial charge on any atom is 0.106 e. The molecule has 1 aliphatic heterocycles. The summed E-state index contributed by atoms with van der Waals surface area (Å²) in [6.45, 7) is 0.733. The molecule has 0 saturated carbocycles. The van der Waals surface area contributed by atoms with Crippen LogP contribution in [0.5, 0.6) is 0 Å². The molecular formula is C12H11NOS. The van der Waals surface area contributed by atoms with Crippen LogP contribution >= 0.6 is 12.2 Å². The van der Waals surface area contributed by atoms with Crippen LogP contribution in [0.4, 0.5) is 5.69 Å². The maximum atomic E-state index is 4.80. The van der Waals surface area contributed by atoms with Gasteiger partial charge in [-0.2, -0.15) is 4.99 Å². The van der Waals surface area contributed by atoms with Crippen LogP contribution in [0.15, 0.2) is 59.8 Å². The lowest BCUT2D eigenvalue weighted by molar-refractivity contribution is 0.286. The van der Waals surface area contributed by atoms with Crippen molar-refractivity contribution in [2.45, 2.75) is 0 Å². The number of hydrogen-bond donors (Lipinski definition) is 0. The standard InChI is InChI=1S/C7H5NS.C5H6O/c9-6-8-7-4-2-1-3-5-7;1-2-4-6-5-3-1/h1-5H;1-4H,5H2. The number of hydrogen-bond acceptors (Lipinski definition) is 3. The average molecular weight is 217 g/mol. The number of benzene rings is 1. The predicted molar refractivity (Wildman–Crippen MR) is 65.4 cm³/mol. The second-order valence-corrected chi connectivity index (χ2v) is 2.81. The van der Waals surface area contributed by atoms with Crippen LogP contribution in [-0.2, 0) is 4.74 Å². The summed E-state index contributed by atoms with van der Waals surface area (Å²) in [5.41, 5.74) is 0.854. The third-order valence-electron chi connectivity index (χ3n) is 1.55. The molecule has 0 aliphatic carbocycles. The summed E-state index contributed by atoms with van der Waals surface area (Å²) in [6, 6.07) is 9.50. The summed E-state index contributed by atoms with van der Waals surface area (Å²) in [7, 11) is 0. The molecule has 3 heteroatoms. The largest absolute Gasteiger partial charge is 0.497 e. The minimum Gasteiger partial charge on any atom is -0.497 e. The summed E-state index contributed by atoms with van der Waals surface area (Å²) >= 11 is 4.42. The second-order valence-electron chi connectivity index (χ2n) is 2.63. The van der Waals surface area contributed by atoms with E-state index in [-0.39, 0.29) is 0 Å². The molecule has 0 unspecified atom stereocenters. The van der Waals surface area contributed by atoms with Crippen LogP contribution in [0.2, 0.25) is 0 Å². The first kappa shape index (κ1) is 11.4. The van der Waals surface area contributed by atoms with Gasteiger partial charge in [0.1, 0.15) is 6.61 Å². The van der Waals surface area contributed by atoms with Crippen molar-refractivity contribution in [1.29, 1.82) is 0 Å². The van der Waals surface area contributed by atoms with Crippen LogP contribution in [0.3, 0.4) is 0 Å². The highest BCUT2D eigenvalue weighted by Gasteiger charge is 1.79. The Bertz CT molecular complexity index is 366. The molecule has 0 saturated heterocycles. The highest BCUT2D eigenvalue weighted by molar-refractivity contribution is 7.78. The summed E-state index contributed by atoms with van der Waals surface area (Å²) in [4.78, 5) is 3.77. The summed E-state index contributed by atoms with van der Waals surface area (Å²) < 4.78 is 4.80. The third kappa shape index (κ3) is 5.57. The number of thiocarbonyl (C=S) groups is 1. The molecule has 1 heterocycles. The molecule has 76 valence electrons. The minimum atomic E-state index is 0.733. The van der Waals surface area contributed by atoms with Gasteiger partial charge in [-0.15, -0.1) is 0 Å². The number of rotatable bonds is 1. The number of allylic oxidation sites excluding steroid dienone is 2. The van der Waals surface area contributed by atoms with E-state index >= 15 is 0 Å². The van der Waals surface area contributed by atoms with Gasteiger partial charge in [-0.05, 0) is 36.5 Å². The fourth-order valence-electron chi connectivity index (χ4n) is 0.901. The fourth-order valence-corrected chi connectivity index (χ4v) is 1.01. The van der Waals surface area contributed by atoms with Crippen molar-refractivity contribution in [3.8, 4) is 0 Å². The van der Waals surface area contributed by atoms with Crippen molar-refractivity contribution in [3.05, 3.63) is 54.8 Å². The van der Waals surface area contributed by atoms with E-state index in [1.54, 1.807) is 6.26 Å². The third-order valence-corrected chi connectivity index (χ3v) is 1.64. The van der Waals surface area contributed by atoms with Crippen LogP contribution in [-0.4, -0.2) is 11.8 Å². The van der Waals surface area contributed by atoms with Gasteiger partial charge in [0.2, 0.25) is 0 Å². The molecule has 0 N–H and O–H groups in total. The zero-order valence-electron chi connectivity index (χ0n) is 8.17. The lowest BCUT2D eigenvalue weighted by atomic mass is 10.3. The fraction of sp³-hybridized carbons (Fsp3) is 0.0833. The zero-order chi connectivity index (χ0) is 10.8. The van der Waals surface area contributed by atoms with Crippen molar-refractivity contribution in [1.82, 2.24) is 0 Å². The summed E-state index contributed by atoms with van der Waals surface area (Å²) in [5, 5.41) is 2.29. The van der Waals surface area contributed by atoms with E-state index in [2.05, 4.69) is 22.4 Å². The number of ether oxygens (including phenoxy) is 1. The van der Waals surface area contributed by atoms with E-state index in [0.29, 0.717) is 0 Å². The topological polar surface area (TPSA) is 21.6 Å². The Kier molecular flexibility index (Phi) is 5.82. The monoisotopic (exact) mass is 217 g/mol. The van der Waals surface area contributed by atoms with Crippen molar-refractivity contribution in [3.63, 3.8) is 0 Å². The smallest absolute Gasteiger partial charge is 0.106 e. The number of nitrogens with zero attached hydrogens (tertiary/aromatic N) is 1. The molecule has 0 atom stereocenters.